The minimum absolute atomic E-state index is 0.708. The summed E-state index contributed by atoms with van der Waals surface area (Å²) in [6.45, 7) is 1.84. The Balaban J connectivity index is 2.86. The zero-order valence-electron chi connectivity index (χ0n) is 6.37. The lowest BCUT2D eigenvalue weighted by molar-refractivity contribution is 0.932. The summed E-state index contributed by atoms with van der Waals surface area (Å²) >= 11 is 0. The van der Waals surface area contributed by atoms with Crippen LogP contribution in [0.15, 0.2) is 6.20 Å². The van der Waals surface area contributed by atoms with Gasteiger partial charge in [0.2, 0.25) is 0 Å². The van der Waals surface area contributed by atoms with E-state index in [2.05, 4.69) is 21.3 Å². The molecule has 11 heavy (non-hydrogen) atoms. The third kappa shape index (κ3) is 0.869. The largest absolute Gasteiger partial charge is 0.322 e. The number of imidazole rings is 1. The molecule has 0 aromatic carbocycles. The third-order valence-electron chi connectivity index (χ3n) is 1.54. The predicted octanol–water partition coefficient (Wildman–Crippen LogP) is 0.472. The van der Waals surface area contributed by atoms with Gasteiger partial charge in [0.05, 0.1) is 6.20 Å². The highest BCUT2D eigenvalue weighted by Gasteiger charge is 2.00. The van der Waals surface area contributed by atoms with Crippen LogP contribution in [0.25, 0.3) is 11.2 Å². The van der Waals surface area contributed by atoms with Crippen molar-refractivity contribution >= 4 is 11.2 Å². The molecule has 0 fully saturated rings. The second kappa shape index (κ2) is 2.02. The Morgan fingerprint density at radius 3 is 3.18 bits per heavy atom. The molecule has 4 heteroatoms. The van der Waals surface area contributed by atoms with Crippen LogP contribution in [-0.4, -0.2) is 19.5 Å². The molecule has 0 amide bonds. The molecule has 55 valence electrons. The summed E-state index contributed by atoms with van der Waals surface area (Å²) in [5.74, 6) is 0.740. The molecule has 4 nitrogen and oxygen atoms in total. The lowest BCUT2D eigenvalue weighted by Crippen LogP contribution is -1.89. The van der Waals surface area contributed by atoms with E-state index in [1.54, 1.807) is 10.8 Å². The predicted molar refractivity (Wildman–Crippen MR) is 39.9 cm³/mol. The Morgan fingerprint density at radius 1 is 1.55 bits per heavy atom. The molecule has 0 N–H and O–H groups in total. The summed E-state index contributed by atoms with van der Waals surface area (Å²) < 4.78 is 1.77. The maximum absolute atomic E-state index is 4.12. The van der Waals surface area contributed by atoms with Crippen molar-refractivity contribution in [1.29, 1.82) is 0 Å². The first-order valence-electron chi connectivity index (χ1n) is 3.31. The van der Waals surface area contributed by atoms with Gasteiger partial charge in [0.25, 0.3) is 0 Å². The summed E-state index contributed by atoms with van der Waals surface area (Å²) in [5.41, 5.74) is 1.62. The monoisotopic (exact) mass is 147 g/mol. The molecule has 2 aromatic heterocycles. The van der Waals surface area contributed by atoms with Crippen molar-refractivity contribution in [3.05, 3.63) is 18.3 Å². The normalized spacial score (nSPS) is 10.7. The van der Waals surface area contributed by atoms with E-state index in [0.717, 1.165) is 11.3 Å². The smallest absolute Gasteiger partial charge is 0.181 e. The van der Waals surface area contributed by atoms with Crippen molar-refractivity contribution in [2.75, 3.05) is 0 Å². The number of aryl methyl sites for hydroxylation is 2. The number of rotatable bonds is 0. The van der Waals surface area contributed by atoms with Gasteiger partial charge in [0.1, 0.15) is 11.3 Å². The summed E-state index contributed by atoms with van der Waals surface area (Å²) in [7, 11) is 1.87. The zero-order valence-corrected chi connectivity index (χ0v) is 6.37. The van der Waals surface area contributed by atoms with Gasteiger partial charge in [-0.1, -0.05) is 0 Å². The number of nitrogens with zero attached hydrogens (tertiary/aromatic N) is 4. The van der Waals surface area contributed by atoms with Crippen LogP contribution in [0.2, 0.25) is 0 Å². The lowest BCUT2D eigenvalue weighted by atomic mass is 10.5. The van der Waals surface area contributed by atoms with Crippen molar-refractivity contribution in [1.82, 2.24) is 19.5 Å². The molecule has 0 atom stereocenters. The lowest BCUT2D eigenvalue weighted by Gasteiger charge is -1.91. The number of aromatic nitrogens is 4. The first kappa shape index (κ1) is 6.27. The minimum Gasteiger partial charge on any atom is -0.322 e. The van der Waals surface area contributed by atoms with Crippen LogP contribution in [0.5, 0.6) is 0 Å². The molecular formula is C7H7N4. The van der Waals surface area contributed by atoms with Crippen LogP contribution in [-0.2, 0) is 7.05 Å². The van der Waals surface area contributed by atoms with E-state index in [1.165, 1.54) is 0 Å². The maximum atomic E-state index is 4.12. The molecule has 0 saturated heterocycles. The number of hydrogen-bond acceptors (Lipinski definition) is 3. The number of fused-ring (bicyclic) bond motifs is 1. The van der Waals surface area contributed by atoms with Crippen LogP contribution in [0, 0.1) is 13.3 Å². The summed E-state index contributed by atoms with van der Waals surface area (Å²) in [6.07, 6.45) is 4.52. The van der Waals surface area contributed by atoms with Crippen molar-refractivity contribution in [3.63, 3.8) is 0 Å². The molecule has 0 spiro atoms. The second-order valence-electron chi connectivity index (χ2n) is 2.40. The highest BCUT2D eigenvalue weighted by molar-refractivity contribution is 5.68. The van der Waals surface area contributed by atoms with Gasteiger partial charge in [-0.15, -0.1) is 0 Å². The van der Waals surface area contributed by atoms with E-state index in [0.29, 0.717) is 5.65 Å². The Hall–Kier alpha value is -1.45. The fourth-order valence-electron chi connectivity index (χ4n) is 0.947. The van der Waals surface area contributed by atoms with Crippen LogP contribution >= 0.6 is 0 Å². The second-order valence-corrected chi connectivity index (χ2v) is 2.40. The first-order valence-corrected chi connectivity index (χ1v) is 3.31. The quantitative estimate of drug-likeness (QED) is 0.544. The molecule has 0 aliphatic rings. The van der Waals surface area contributed by atoms with Gasteiger partial charge < -0.3 is 4.57 Å². The van der Waals surface area contributed by atoms with Gasteiger partial charge in [0, 0.05) is 7.05 Å². The van der Waals surface area contributed by atoms with E-state index in [1.807, 2.05) is 14.0 Å². The first-order chi connectivity index (χ1) is 5.27. The topological polar surface area (TPSA) is 43.6 Å². The zero-order chi connectivity index (χ0) is 7.84. The van der Waals surface area contributed by atoms with Gasteiger partial charge in [-0.05, 0) is 6.92 Å². The van der Waals surface area contributed by atoms with Crippen LogP contribution in [0.3, 0.4) is 0 Å². The molecule has 0 aliphatic heterocycles. The number of hydrogen-bond donors (Lipinski definition) is 0. The standard InChI is InChI=1S/C7H7N4/c1-5-8-3-6-7(10-5)9-4-11(6)2/h3H,1-2H3. The summed E-state index contributed by atoms with van der Waals surface area (Å²) in [5, 5.41) is 0. The highest BCUT2D eigenvalue weighted by atomic mass is 15.1. The van der Waals surface area contributed by atoms with E-state index in [-0.39, 0.29) is 0 Å². The average Bonchev–Trinajstić information content (AvgIpc) is 2.32. The van der Waals surface area contributed by atoms with E-state index in [4.69, 9.17) is 0 Å². The van der Waals surface area contributed by atoms with Crippen molar-refractivity contribution in [2.24, 2.45) is 7.05 Å². The third-order valence-corrected chi connectivity index (χ3v) is 1.54. The molecular weight excluding hydrogens is 140 g/mol. The van der Waals surface area contributed by atoms with E-state index >= 15 is 0 Å². The summed E-state index contributed by atoms with van der Waals surface area (Å²) in [4.78, 5) is 12.1. The van der Waals surface area contributed by atoms with Gasteiger partial charge in [-0.2, -0.15) is 0 Å². The average molecular weight is 147 g/mol. The molecule has 0 saturated carbocycles. The fraction of sp³-hybridized carbons (Fsp3) is 0.286. The molecule has 2 heterocycles. The Morgan fingerprint density at radius 2 is 2.36 bits per heavy atom. The fourth-order valence-corrected chi connectivity index (χ4v) is 0.947. The Labute approximate surface area is 63.9 Å². The van der Waals surface area contributed by atoms with Gasteiger partial charge in [-0.3, -0.25) is 0 Å². The van der Waals surface area contributed by atoms with Gasteiger partial charge >= 0.3 is 0 Å². The van der Waals surface area contributed by atoms with E-state index in [9.17, 15) is 0 Å². The van der Waals surface area contributed by atoms with Crippen molar-refractivity contribution in [2.45, 2.75) is 6.92 Å². The molecule has 2 aromatic rings. The molecule has 0 unspecified atom stereocenters. The Kier molecular flexibility index (Phi) is 1.15. The highest BCUT2D eigenvalue weighted by Crippen LogP contribution is 2.05. The van der Waals surface area contributed by atoms with Gasteiger partial charge in [-0.25, -0.2) is 15.0 Å². The molecule has 2 rings (SSSR count). The van der Waals surface area contributed by atoms with Crippen LogP contribution in [0.1, 0.15) is 5.82 Å². The molecule has 1 radical (unpaired) electrons. The molecule has 0 aliphatic carbocycles. The van der Waals surface area contributed by atoms with Crippen molar-refractivity contribution in [3.8, 4) is 0 Å². The van der Waals surface area contributed by atoms with Crippen LogP contribution < -0.4 is 0 Å². The Bertz CT molecular complexity index is 390. The van der Waals surface area contributed by atoms with Crippen molar-refractivity contribution < 1.29 is 0 Å². The SMILES string of the molecule is Cc1ncc2c(n[c]n2C)n1. The van der Waals surface area contributed by atoms with E-state index < -0.39 is 0 Å². The summed E-state index contributed by atoms with van der Waals surface area (Å²) in [6, 6.07) is 0. The van der Waals surface area contributed by atoms with Crippen LogP contribution in [0.4, 0.5) is 0 Å². The molecule has 0 bridgehead atoms. The minimum atomic E-state index is 0.708. The van der Waals surface area contributed by atoms with Gasteiger partial charge in [0.15, 0.2) is 12.0 Å². The maximum Gasteiger partial charge on any atom is 0.181 e.